The van der Waals surface area contributed by atoms with E-state index in [9.17, 15) is 9.90 Å². The number of carbonyl (C=O) groups excluding carboxylic acids is 1. The fourth-order valence-electron chi connectivity index (χ4n) is 2.80. The molecule has 128 valence electrons. The molecule has 0 spiro atoms. The Morgan fingerprint density at radius 1 is 1.39 bits per heavy atom. The monoisotopic (exact) mass is 341 g/mol. The number of methoxy groups -OCH3 is 2. The molecule has 0 unspecified atom stereocenters. The number of aliphatic hydroxyl groups excluding tert-OH is 1. The largest absolute Gasteiger partial charge is 0.493 e. The van der Waals surface area contributed by atoms with Crippen LogP contribution < -0.4 is 9.47 Å². The van der Waals surface area contributed by atoms with Gasteiger partial charge in [0.1, 0.15) is 6.10 Å². The molecule has 1 aliphatic rings. The van der Waals surface area contributed by atoms with E-state index in [1.54, 1.807) is 25.2 Å². The van der Waals surface area contributed by atoms with Gasteiger partial charge in [0.2, 0.25) is 5.91 Å². The van der Waals surface area contributed by atoms with Gasteiger partial charge in [-0.05, 0) is 24.0 Å². The summed E-state index contributed by atoms with van der Waals surface area (Å²) >= 11 is 1.48. The normalized spacial score (nSPS) is 21.1. The Morgan fingerprint density at radius 3 is 2.74 bits per heavy atom. The van der Waals surface area contributed by atoms with Crippen LogP contribution in [0.5, 0.6) is 11.5 Å². The molecule has 0 radical (unpaired) electrons. The molecular weight excluding hydrogens is 318 g/mol. The third kappa shape index (κ3) is 3.91. The molecule has 1 aromatic rings. The number of amides is 1. The molecule has 0 aliphatic carbocycles. The van der Waals surface area contributed by atoms with E-state index in [0.29, 0.717) is 30.4 Å². The minimum absolute atomic E-state index is 0.0408. The van der Waals surface area contributed by atoms with Gasteiger partial charge in [0, 0.05) is 6.54 Å². The molecule has 1 fully saturated rings. The van der Waals surface area contributed by atoms with Crippen molar-refractivity contribution in [3.05, 3.63) is 23.8 Å². The van der Waals surface area contributed by atoms with Crippen molar-refractivity contribution in [2.45, 2.75) is 12.1 Å². The van der Waals surface area contributed by atoms with E-state index in [-0.39, 0.29) is 18.6 Å². The quantitative estimate of drug-likeness (QED) is 0.842. The summed E-state index contributed by atoms with van der Waals surface area (Å²) in [6, 6.07) is 5.17. The molecule has 1 amide bonds. The van der Waals surface area contributed by atoms with Gasteiger partial charge in [-0.3, -0.25) is 4.79 Å². The number of carbonyl (C=O) groups is 1. The van der Waals surface area contributed by atoms with Crippen molar-refractivity contribution in [1.29, 1.82) is 0 Å². The predicted molar refractivity (Wildman–Crippen MR) is 89.2 cm³/mol. The van der Waals surface area contributed by atoms with Crippen molar-refractivity contribution in [3.63, 3.8) is 0 Å². The third-order valence-electron chi connectivity index (χ3n) is 3.87. The third-order valence-corrected chi connectivity index (χ3v) is 4.40. The molecule has 0 bridgehead atoms. The second-order valence-electron chi connectivity index (χ2n) is 5.17. The van der Waals surface area contributed by atoms with Gasteiger partial charge in [0.15, 0.2) is 11.5 Å². The molecule has 1 saturated heterocycles. The minimum atomic E-state index is -0.451. The molecule has 7 heteroatoms. The SMILES string of the molecule is COc1ccc([C@@H]2[C@@H](CO)OCCN2C(=O)CSC)cc1OC. The zero-order valence-electron chi connectivity index (χ0n) is 13.7. The van der Waals surface area contributed by atoms with Crippen LogP contribution in [0.1, 0.15) is 11.6 Å². The smallest absolute Gasteiger partial charge is 0.233 e. The molecule has 23 heavy (non-hydrogen) atoms. The summed E-state index contributed by atoms with van der Waals surface area (Å²) in [5.41, 5.74) is 0.857. The van der Waals surface area contributed by atoms with Crippen LogP contribution in [0.25, 0.3) is 0 Å². The zero-order chi connectivity index (χ0) is 16.8. The Hall–Kier alpha value is -1.44. The van der Waals surface area contributed by atoms with Crippen LogP contribution in [0.15, 0.2) is 18.2 Å². The minimum Gasteiger partial charge on any atom is -0.493 e. The average molecular weight is 341 g/mol. The van der Waals surface area contributed by atoms with Crippen LogP contribution in [0.2, 0.25) is 0 Å². The number of thioether (sulfide) groups is 1. The molecule has 2 atom stereocenters. The lowest BCUT2D eigenvalue weighted by molar-refractivity contribution is -0.147. The average Bonchev–Trinajstić information content (AvgIpc) is 2.60. The van der Waals surface area contributed by atoms with E-state index in [1.807, 2.05) is 18.4 Å². The van der Waals surface area contributed by atoms with Crippen LogP contribution >= 0.6 is 11.8 Å². The van der Waals surface area contributed by atoms with Gasteiger partial charge < -0.3 is 24.2 Å². The van der Waals surface area contributed by atoms with Gasteiger partial charge in [0.05, 0.1) is 39.2 Å². The van der Waals surface area contributed by atoms with E-state index in [4.69, 9.17) is 14.2 Å². The number of rotatable bonds is 6. The molecule has 6 nitrogen and oxygen atoms in total. The number of morpholine rings is 1. The van der Waals surface area contributed by atoms with Crippen molar-refractivity contribution in [1.82, 2.24) is 4.90 Å². The first-order chi connectivity index (χ1) is 11.2. The fourth-order valence-corrected chi connectivity index (χ4v) is 3.22. The maximum absolute atomic E-state index is 12.4. The Morgan fingerprint density at radius 2 is 2.13 bits per heavy atom. The maximum atomic E-state index is 12.4. The maximum Gasteiger partial charge on any atom is 0.233 e. The van der Waals surface area contributed by atoms with E-state index in [2.05, 4.69) is 0 Å². The van der Waals surface area contributed by atoms with Crippen LogP contribution in [0.4, 0.5) is 0 Å². The fraction of sp³-hybridized carbons (Fsp3) is 0.562. The van der Waals surface area contributed by atoms with E-state index < -0.39 is 6.10 Å². The summed E-state index contributed by atoms with van der Waals surface area (Å²) in [6.07, 6.45) is 1.44. The summed E-state index contributed by atoms with van der Waals surface area (Å²) in [4.78, 5) is 14.2. The van der Waals surface area contributed by atoms with Gasteiger partial charge in [-0.1, -0.05) is 6.07 Å². The van der Waals surface area contributed by atoms with E-state index in [0.717, 1.165) is 5.56 Å². The number of hydrogen-bond acceptors (Lipinski definition) is 6. The summed E-state index contributed by atoms with van der Waals surface area (Å²) in [5, 5.41) is 9.66. The summed E-state index contributed by atoms with van der Waals surface area (Å²) in [5.74, 6) is 1.65. The topological polar surface area (TPSA) is 68.2 Å². The van der Waals surface area contributed by atoms with Gasteiger partial charge in [-0.2, -0.15) is 11.8 Å². The van der Waals surface area contributed by atoms with Crippen LogP contribution in [-0.2, 0) is 9.53 Å². The Kier molecular flexibility index (Phi) is 6.56. The molecule has 0 aromatic heterocycles. The van der Waals surface area contributed by atoms with Crippen LogP contribution in [0, 0.1) is 0 Å². The van der Waals surface area contributed by atoms with Crippen LogP contribution in [0.3, 0.4) is 0 Å². The summed E-state index contributed by atoms with van der Waals surface area (Å²) in [7, 11) is 3.14. The van der Waals surface area contributed by atoms with Crippen molar-refractivity contribution < 1.29 is 24.1 Å². The second kappa shape index (κ2) is 8.42. The first-order valence-electron chi connectivity index (χ1n) is 7.39. The van der Waals surface area contributed by atoms with Crippen molar-refractivity contribution in [2.75, 3.05) is 46.0 Å². The molecule has 1 aliphatic heterocycles. The Balaban J connectivity index is 2.38. The van der Waals surface area contributed by atoms with Crippen molar-refractivity contribution in [2.24, 2.45) is 0 Å². The van der Waals surface area contributed by atoms with Crippen LogP contribution in [-0.4, -0.2) is 68.0 Å². The van der Waals surface area contributed by atoms with Gasteiger partial charge in [-0.15, -0.1) is 0 Å². The number of benzene rings is 1. The van der Waals surface area contributed by atoms with Crippen molar-refractivity contribution >= 4 is 17.7 Å². The van der Waals surface area contributed by atoms with E-state index in [1.165, 1.54) is 11.8 Å². The number of hydrogen-bond donors (Lipinski definition) is 1. The Bertz CT molecular complexity index is 539. The lowest BCUT2D eigenvalue weighted by Crippen LogP contribution is -2.50. The summed E-state index contributed by atoms with van der Waals surface area (Å²) < 4.78 is 16.3. The highest BCUT2D eigenvalue weighted by molar-refractivity contribution is 7.99. The molecular formula is C16H23NO5S. The number of nitrogens with zero attached hydrogens (tertiary/aromatic N) is 1. The lowest BCUT2D eigenvalue weighted by Gasteiger charge is -2.41. The molecule has 0 saturated carbocycles. The molecule has 1 heterocycles. The first-order valence-corrected chi connectivity index (χ1v) is 8.78. The number of aliphatic hydroxyl groups is 1. The molecule has 1 N–H and O–H groups in total. The van der Waals surface area contributed by atoms with E-state index >= 15 is 0 Å². The zero-order valence-corrected chi connectivity index (χ0v) is 14.5. The van der Waals surface area contributed by atoms with Gasteiger partial charge >= 0.3 is 0 Å². The second-order valence-corrected chi connectivity index (χ2v) is 6.04. The number of ether oxygens (including phenoxy) is 3. The lowest BCUT2D eigenvalue weighted by atomic mass is 9.97. The van der Waals surface area contributed by atoms with Gasteiger partial charge in [0.25, 0.3) is 0 Å². The Labute approximate surface area is 140 Å². The molecule has 2 rings (SSSR count). The first kappa shape index (κ1) is 17.9. The highest BCUT2D eigenvalue weighted by atomic mass is 32.2. The standard InChI is InChI=1S/C16H23NO5S/c1-20-12-5-4-11(8-13(12)21-2)16-14(9-18)22-7-6-17(16)15(19)10-23-3/h4-5,8,14,16,18H,6-7,9-10H2,1-3H3/t14-,16-/m1/s1. The highest BCUT2D eigenvalue weighted by Gasteiger charge is 2.36. The predicted octanol–water partition coefficient (Wildman–Crippen LogP) is 1.33. The van der Waals surface area contributed by atoms with Gasteiger partial charge in [-0.25, -0.2) is 0 Å². The highest BCUT2D eigenvalue weighted by Crippen LogP contribution is 2.35. The van der Waals surface area contributed by atoms with Crippen molar-refractivity contribution in [3.8, 4) is 11.5 Å². The summed E-state index contributed by atoms with van der Waals surface area (Å²) in [6.45, 7) is 0.784. The molecule has 1 aromatic carbocycles.